The molecule has 1 rings (SSSR count). The summed E-state index contributed by atoms with van der Waals surface area (Å²) in [6.07, 6.45) is 0.704. The zero-order chi connectivity index (χ0) is 9.90. The predicted octanol–water partition coefficient (Wildman–Crippen LogP) is -0.110. The van der Waals surface area contributed by atoms with E-state index in [0.29, 0.717) is 6.42 Å². The summed E-state index contributed by atoms with van der Waals surface area (Å²) in [5.41, 5.74) is -0.244. The Morgan fingerprint density at radius 2 is 2.23 bits per heavy atom. The van der Waals surface area contributed by atoms with Gasteiger partial charge in [0.1, 0.15) is 0 Å². The summed E-state index contributed by atoms with van der Waals surface area (Å²) in [7, 11) is 1.67. The number of hydrogen-bond donors (Lipinski definition) is 2. The molecule has 1 heterocycles. The fourth-order valence-corrected chi connectivity index (χ4v) is 1.39. The van der Waals surface area contributed by atoms with E-state index in [2.05, 4.69) is 10.6 Å². The molecule has 4 heteroatoms. The molecule has 1 atom stereocenters. The van der Waals surface area contributed by atoms with Gasteiger partial charge >= 0.3 is 0 Å². The maximum absolute atomic E-state index is 11.4. The zero-order valence-electron chi connectivity index (χ0n) is 8.52. The van der Waals surface area contributed by atoms with Crippen LogP contribution in [0.4, 0.5) is 0 Å². The Morgan fingerprint density at radius 1 is 1.54 bits per heavy atom. The molecule has 0 spiro atoms. The molecule has 1 fully saturated rings. The minimum Gasteiger partial charge on any atom is -0.379 e. The van der Waals surface area contributed by atoms with E-state index in [1.54, 1.807) is 7.11 Å². The van der Waals surface area contributed by atoms with Crippen molar-refractivity contribution in [2.75, 3.05) is 20.2 Å². The second-order valence-electron chi connectivity index (χ2n) is 3.97. The highest BCUT2D eigenvalue weighted by Crippen LogP contribution is 2.16. The Bertz CT molecular complexity index is 192. The third-order valence-electron chi connectivity index (χ3n) is 2.38. The summed E-state index contributed by atoms with van der Waals surface area (Å²) in [5, 5.41) is 5.99. The number of hydrogen-bond acceptors (Lipinski definition) is 3. The largest absolute Gasteiger partial charge is 0.379 e. The smallest absolute Gasteiger partial charge is 0.237 e. The average molecular weight is 186 g/mol. The Kier molecular flexibility index (Phi) is 3.27. The number of piperazine rings is 1. The van der Waals surface area contributed by atoms with Gasteiger partial charge in [0, 0.05) is 26.6 Å². The fraction of sp³-hybridized carbons (Fsp3) is 0.889. The lowest BCUT2D eigenvalue weighted by molar-refractivity contribution is -0.126. The lowest BCUT2D eigenvalue weighted by Crippen LogP contribution is -2.55. The molecule has 1 aliphatic heterocycles. The van der Waals surface area contributed by atoms with Gasteiger partial charge in [0.05, 0.1) is 11.6 Å². The van der Waals surface area contributed by atoms with Crippen molar-refractivity contribution in [2.24, 2.45) is 0 Å². The van der Waals surface area contributed by atoms with Crippen molar-refractivity contribution in [1.82, 2.24) is 10.6 Å². The molecule has 0 radical (unpaired) electrons. The minimum absolute atomic E-state index is 0.0800. The van der Waals surface area contributed by atoms with Gasteiger partial charge in [-0.2, -0.15) is 0 Å². The third-order valence-corrected chi connectivity index (χ3v) is 2.38. The normalized spacial score (nSPS) is 24.2. The number of amides is 1. The van der Waals surface area contributed by atoms with Crippen molar-refractivity contribution in [1.29, 1.82) is 0 Å². The van der Waals surface area contributed by atoms with Crippen LogP contribution in [0.2, 0.25) is 0 Å². The van der Waals surface area contributed by atoms with Crippen LogP contribution < -0.4 is 10.6 Å². The van der Waals surface area contributed by atoms with Crippen molar-refractivity contribution in [3.05, 3.63) is 0 Å². The van der Waals surface area contributed by atoms with Crippen LogP contribution in [0.25, 0.3) is 0 Å². The van der Waals surface area contributed by atoms with E-state index in [0.717, 1.165) is 13.1 Å². The highest BCUT2D eigenvalue weighted by molar-refractivity contribution is 5.82. The molecule has 1 saturated heterocycles. The average Bonchev–Trinajstić information content (AvgIpc) is 2.09. The van der Waals surface area contributed by atoms with Crippen molar-refractivity contribution in [3.63, 3.8) is 0 Å². The molecule has 1 unspecified atom stereocenters. The van der Waals surface area contributed by atoms with E-state index >= 15 is 0 Å². The quantitative estimate of drug-likeness (QED) is 0.646. The maximum Gasteiger partial charge on any atom is 0.237 e. The van der Waals surface area contributed by atoms with Gasteiger partial charge in [-0.05, 0) is 13.8 Å². The topological polar surface area (TPSA) is 50.4 Å². The van der Waals surface area contributed by atoms with Gasteiger partial charge in [0.25, 0.3) is 0 Å². The van der Waals surface area contributed by atoms with E-state index in [4.69, 9.17) is 4.74 Å². The summed E-state index contributed by atoms with van der Waals surface area (Å²) in [6, 6.07) is -0.108. The summed E-state index contributed by atoms with van der Waals surface area (Å²) < 4.78 is 5.27. The first-order valence-electron chi connectivity index (χ1n) is 4.61. The van der Waals surface area contributed by atoms with Crippen molar-refractivity contribution < 1.29 is 9.53 Å². The third kappa shape index (κ3) is 2.97. The molecular formula is C9H18N2O2. The van der Waals surface area contributed by atoms with E-state index in [1.165, 1.54) is 0 Å². The van der Waals surface area contributed by atoms with Crippen LogP contribution >= 0.6 is 0 Å². The first kappa shape index (κ1) is 10.5. The number of ether oxygens (including phenoxy) is 1. The SMILES string of the molecule is COC(C)(C)CC1NCCNC1=O. The number of nitrogens with one attached hydrogen (secondary N) is 2. The molecule has 0 aromatic heterocycles. The number of methoxy groups -OCH3 is 1. The number of rotatable bonds is 3. The van der Waals surface area contributed by atoms with Crippen LogP contribution in [0.1, 0.15) is 20.3 Å². The van der Waals surface area contributed by atoms with Crippen LogP contribution in [0.15, 0.2) is 0 Å². The minimum atomic E-state index is -0.244. The molecule has 0 bridgehead atoms. The molecule has 76 valence electrons. The van der Waals surface area contributed by atoms with E-state index in [1.807, 2.05) is 13.8 Å². The van der Waals surface area contributed by atoms with Gasteiger partial charge in [0.2, 0.25) is 5.91 Å². The number of carbonyl (C=O) groups excluding carboxylic acids is 1. The fourth-order valence-electron chi connectivity index (χ4n) is 1.39. The molecule has 0 saturated carbocycles. The van der Waals surface area contributed by atoms with Gasteiger partial charge in [-0.3, -0.25) is 4.79 Å². The Morgan fingerprint density at radius 3 is 2.77 bits per heavy atom. The van der Waals surface area contributed by atoms with Crippen LogP contribution in [-0.2, 0) is 9.53 Å². The maximum atomic E-state index is 11.4. The monoisotopic (exact) mass is 186 g/mol. The Balaban J connectivity index is 2.47. The number of carbonyl (C=O) groups is 1. The lowest BCUT2D eigenvalue weighted by Gasteiger charge is -2.30. The highest BCUT2D eigenvalue weighted by Gasteiger charge is 2.28. The van der Waals surface area contributed by atoms with Gasteiger partial charge < -0.3 is 15.4 Å². The summed E-state index contributed by atoms with van der Waals surface area (Å²) in [6.45, 7) is 5.53. The van der Waals surface area contributed by atoms with Crippen molar-refractivity contribution in [2.45, 2.75) is 31.9 Å². The first-order valence-corrected chi connectivity index (χ1v) is 4.61. The molecule has 0 aliphatic carbocycles. The molecule has 0 aromatic rings. The van der Waals surface area contributed by atoms with E-state index in [-0.39, 0.29) is 17.6 Å². The van der Waals surface area contributed by atoms with Gasteiger partial charge in [-0.1, -0.05) is 0 Å². The molecule has 0 aromatic carbocycles. The van der Waals surface area contributed by atoms with Gasteiger partial charge in [0.15, 0.2) is 0 Å². The summed E-state index contributed by atoms with van der Waals surface area (Å²) in [5.74, 6) is 0.0800. The standard InChI is InChI=1S/C9H18N2O2/c1-9(2,13-3)6-7-8(12)11-5-4-10-7/h7,10H,4-6H2,1-3H3,(H,11,12). The molecule has 13 heavy (non-hydrogen) atoms. The van der Waals surface area contributed by atoms with Crippen LogP contribution in [0.5, 0.6) is 0 Å². The summed E-state index contributed by atoms with van der Waals surface area (Å²) >= 11 is 0. The van der Waals surface area contributed by atoms with Gasteiger partial charge in [-0.15, -0.1) is 0 Å². The molecule has 4 nitrogen and oxygen atoms in total. The lowest BCUT2D eigenvalue weighted by atomic mass is 9.97. The highest BCUT2D eigenvalue weighted by atomic mass is 16.5. The second kappa shape index (κ2) is 4.07. The second-order valence-corrected chi connectivity index (χ2v) is 3.97. The zero-order valence-corrected chi connectivity index (χ0v) is 8.52. The van der Waals surface area contributed by atoms with Gasteiger partial charge in [-0.25, -0.2) is 0 Å². The molecule has 2 N–H and O–H groups in total. The van der Waals surface area contributed by atoms with Crippen LogP contribution in [0, 0.1) is 0 Å². The molecular weight excluding hydrogens is 168 g/mol. The van der Waals surface area contributed by atoms with E-state index in [9.17, 15) is 4.79 Å². The van der Waals surface area contributed by atoms with Crippen molar-refractivity contribution >= 4 is 5.91 Å². The molecule has 1 amide bonds. The van der Waals surface area contributed by atoms with Crippen molar-refractivity contribution in [3.8, 4) is 0 Å². The first-order chi connectivity index (χ1) is 6.05. The Hall–Kier alpha value is -0.610. The van der Waals surface area contributed by atoms with Crippen LogP contribution in [0.3, 0.4) is 0 Å². The van der Waals surface area contributed by atoms with E-state index < -0.39 is 0 Å². The predicted molar refractivity (Wildman–Crippen MR) is 50.5 cm³/mol. The Labute approximate surface area is 79.0 Å². The summed E-state index contributed by atoms with van der Waals surface area (Å²) in [4.78, 5) is 11.4. The van der Waals surface area contributed by atoms with Crippen LogP contribution in [-0.4, -0.2) is 37.7 Å². The molecule has 1 aliphatic rings.